The van der Waals surface area contributed by atoms with E-state index in [1.54, 1.807) is 25.2 Å². The van der Waals surface area contributed by atoms with Gasteiger partial charge in [-0.25, -0.2) is 0 Å². The molecule has 18 heavy (non-hydrogen) atoms. The van der Waals surface area contributed by atoms with E-state index in [0.29, 0.717) is 17.1 Å². The van der Waals surface area contributed by atoms with E-state index in [9.17, 15) is 4.79 Å². The van der Waals surface area contributed by atoms with Crippen LogP contribution in [0.3, 0.4) is 0 Å². The van der Waals surface area contributed by atoms with Gasteiger partial charge in [0.1, 0.15) is 5.75 Å². The van der Waals surface area contributed by atoms with Crippen molar-refractivity contribution >= 4 is 17.3 Å². The second kappa shape index (κ2) is 4.74. The van der Waals surface area contributed by atoms with E-state index >= 15 is 0 Å². The number of nitrogens with two attached hydrogens (primary N) is 1. The number of benzene rings is 1. The number of hydrogen-bond acceptors (Lipinski definition) is 5. The van der Waals surface area contributed by atoms with Gasteiger partial charge in [-0.1, -0.05) is 0 Å². The third-order valence-electron chi connectivity index (χ3n) is 2.31. The number of methoxy groups -OCH3 is 1. The normalized spacial score (nSPS) is 10.1. The number of anilines is 2. The number of ether oxygens (including phenoxy) is 1. The molecule has 0 saturated carbocycles. The summed E-state index contributed by atoms with van der Waals surface area (Å²) in [4.78, 5) is 13.2. The van der Waals surface area contributed by atoms with Crippen LogP contribution in [0.4, 0.5) is 11.4 Å². The fourth-order valence-corrected chi connectivity index (χ4v) is 1.45. The van der Waals surface area contributed by atoms with Crippen LogP contribution in [-0.4, -0.2) is 28.0 Å². The van der Waals surface area contributed by atoms with Crippen LogP contribution in [0.2, 0.25) is 0 Å². The first-order valence-corrected chi connectivity index (χ1v) is 5.21. The fourth-order valence-electron chi connectivity index (χ4n) is 1.45. The molecule has 0 aliphatic carbocycles. The fraction of sp³-hybridized carbons (Fsp3) is 0.182. The Morgan fingerprint density at radius 3 is 2.89 bits per heavy atom. The molecular formula is C11H13N5O2. The molecular weight excluding hydrogens is 234 g/mol. The van der Waals surface area contributed by atoms with Crippen molar-refractivity contribution in [3.05, 3.63) is 30.1 Å². The Labute approximate surface area is 104 Å². The Morgan fingerprint density at radius 1 is 1.50 bits per heavy atom. The quantitative estimate of drug-likeness (QED) is 0.777. The molecule has 1 aromatic carbocycles. The molecule has 3 N–H and O–H groups in total. The first-order valence-electron chi connectivity index (χ1n) is 5.21. The van der Waals surface area contributed by atoms with Crippen LogP contribution in [0.15, 0.2) is 24.4 Å². The number of rotatable bonds is 3. The van der Waals surface area contributed by atoms with Crippen molar-refractivity contribution in [1.82, 2.24) is 15.0 Å². The van der Waals surface area contributed by atoms with Crippen LogP contribution in [0.1, 0.15) is 10.5 Å². The van der Waals surface area contributed by atoms with Gasteiger partial charge in [0.2, 0.25) is 0 Å². The van der Waals surface area contributed by atoms with E-state index in [1.165, 1.54) is 18.1 Å². The second-order valence-electron chi connectivity index (χ2n) is 3.63. The Kier molecular flexibility index (Phi) is 3.13. The molecule has 2 aromatic rings. The molecule has 0 saturated heterocycles. The van der Waals surface area contributed by atoms with Crippen LogP contribution in [0, 0.1) is 0 Å². The van der Waals surface area contributed by atoms with E-state index in [0.717, 1.165) is 0 Å². The van der Waals surface area contributed by atoms with Gasteiger partial charge in [-0.2, -0.15) is 9.90 Å². The van der Waals surface area contributed by atoms with Gasteiger partial charge >= 0.3 is 0 Å². The molecule has 1 aromatic heterocycles. The van der Waals surface area contributed by atoms with Gasteiger partial charge in [0.05, 0.1) is 19.0 Å². The minimum Gasteiger partial charge on any atom is -0.494 e. The minimum absolute atomic E-state index is 0.233. The molecule has 0 spiro atoms. The van der Waals surface area contributed by atoms with Gasteiger partial charge in [0.15, 0.2) is 5.69 Å². The summed E-state index contributed by atoms with van der Waals surface area (Å²) in [6.45, 7) is 0. The van der Waals surface area contributed by atoms with Crippen molar-refractivity contribution < 1.29 is 9.53 Å². The van der Waals surface area contributed by atoms with Crippen molar-refractivity contribution in [2.24, 2.45) is 7.05 Å². The molecule has 0 radical (unpaired) electrons. The van der Waals surface area contributed by atoms with Crippen molar-refractivity contribution in [1.29, 1.82) is 0 Å². The summed E-state index contributed by atoms with van der Waals surface area (Å²) in [7, 11) is 3.15. The second-order valence-corrected chi connectivity index (χ2v) is 3.63. The van der Waals surface area contributed by atoms with Gasteiger partial charge in [-0.3, -0.25) is 4.79 Å². The van der Waals surface area contributed by atoms with Gasteiger partial charge in [-0.05, 0) is 12.1 Å². The number of amides is 1. The lowest BCUT2D eigenvalue weighted by Crippen LogP contribution is -2.13. The largest absolute Gasteiger partial charge is 0.494 e. The van der Waals surface area contributed by atoms with Crippen molar-refractivity contribution in [3.8, 4) is 5.75 Å². The monoisotopic (exact) mass is 247 g/mol. The molecule has 94 valence electrons. The van der Waals surface area contributed by atoms with Crippen molar-refractivity contribution in [2.45, 2.75) is 0 Å². The van der Waals surface area contributed by atoms with E-state index in [4.69, 9.17) is 10.5 Å². The number of nitrogen functional groups attached to an aromatic ring is 1. The maximum atomic E-state index is 11.9. The molecule has 1 heterocycles. The highest BCUT2D eigenvalue weighted by molar-refractivity contribution is 6.03. The predicted octanol–water partition coefficient (Wildman–Crippen LogP) is 0.658. The Bertz CT molecular complexity index is 579. The predicted molar refractivity (Wildman–Crippen MR) is 66.4 cm³/mol. The molecule has 0 aliphatic heterocycles. The highest BCUT2D eigenvalue weighted by Crippen LogP contribution is 2.26. The third-order valence-corrected chi connectivity index (χ3v) is 2.31. The lowest BCUT2D eigenvalue weighted by molar-refractivity contribution is 0.102. The molecule has 0 unspecified atom stereocenters. The first-order chi connectivity index (χ1) is 8.60. The maximum Gasteiger partial charge on any atom is 0.277 e. The Hall–Kier alpha value is -2.57. The molecule has 2 rings (SSSR count). The molecule has 1 amide bonds. The first kappa shape index (κ1) is 11.9. The van der Waals surface area contributed by atoms with Crippen LogP contribution in [-0.2, 0) is 7.05 Å². The highest BCUT2D eigenvalue weighted by atomic mass is 16.5. The van der Waals surface area contributed by atoms with E-state index in [1.807, 2.05) is 0 Å². The molecule has 0 atom stereocenters. The third kappa shape index (κ3) is 2.40. The van der Waals surface area contributed by atoms with Crippen LogP contribution in [0.5, 0.6) is 5.75 Å². The van der Waals surface area contributed by atoms with Gasteiger partial charge in [0, 0.05) is 18.8 Å². The Balaban J connectivity index is 2.21. The zero-order valence-electron chi connectivity index (χ0n) is 10.0. The summed E-state index contributed by atoms with van der Waals surface area (Å²) >= 11 is 0. The molecule has 7 heteroatoms. The summed E-state index contributed by atoms with van der Waals surface area (Å²) in [6.07, 6.45) is 1.39. The number of carbonyl (C=O) groups is 1. The van der Waals surface area contributed by atoms with Gasteiger partial charge < -0.3 is 15.8 Å². The topological polar surface area (TPSA) is 95.1 Å². The van der Waals surface area contributed by atoms with Crippen LogP contribution in [0.25, 0.3) is 0 Å². The highest BCUT2D eigenvalue weighted by Gasteiger charge is 2.12. The summed E-state index contributed by atoms with van der Waals surface area (Å²) < 4.78 is 5.13. The number of aromatic nitrogens is 3. The maximum absolute atomic E-state index is 11.9. The summed E-state index contributed by atoms with van der Waals surface area (Å²) in [5.41, 5.74) is 6.95. The lowest BCUT2D eigenvalue weighted by Gasteiger charge is -2.09. The van der Waals surface area contributed by atoms with Crippen molar-refractivity contribution in [3.63, 3.8) is 0 Å². The summed E-state index contributed by atoms with van der Waals surface area (Å²) in [6, 6.07) is 4.98. The molecule has 0 aliphatic rings. The number of nitrogens with zero attached hydrogens (tertiary/aromatic N) is 3. The van der Waals surface area contributed by atoms with Gasteiger partial charge in [-0.15, -0.1) is 5.10 Å². The van der Waals surface area contributed by atoms with Crippen LogP contribution < -0.4 is 15.8 Å². The van der Waals surface area contributed by atoms with Gasteiger partial charge in [0.25, 0.3) is 5.91 Å². The average Bonchev–Trinajstić information content (AvgIpc) is 2.78. The van der Waals surface area contributed by atoms with E-state index in [-0.39, 0.29) is 11.6 Å². The van der Waals surface area contributed by atoms with Crippen molar-refractivity contribution in [2.75, 3.05) is 18.2 Å². The zero-order valence-corrected chi connectivity index (χ0v) is 10.0. The molecule has 0 bridgehead atoms. The van der Waals surface area contributed by atoms with Crippen LogP contribution >= 0.6 is 0 Å². The lowest BCUT2D eigenvalue weighted by atomic mass is 10.2. The molecule has 0 fully saturated rings. The Morgan fingerprint density at radius 2 is 2.28 bits per heavy atom. The molecule has 7 nitrogen and oxygen atoms in total. The standard InChI is InChI=1S/C11H13N5O2/c1-16-13-6-9(15-16)11(17)14-8-4-3-7(12)5-10(8)18-2/h3-6H,12H2,1-2H3,(H,14,17). The SMILES string of the molecule is COc1cc(N)ccc1NC(=O)c1cnn(C)n1. The number of nitrogens with one attached hydrogen (secondary N) is 1. The smallest absolute Gasteiger partial charge is 0.277 e. The van der Waals surface area contributed by atoms with E-state index < -0.39 is 0 Å². The number of hydrogen-bond donors (Lipinski definition) is 2. The zero-order chi connectivity index (χ0) is 13.1. The summed E-state index contributed by atoms with van der Waals surface area (Å²) in [5, 5.41) is 10.4. The average molecular weight is 247 g/mol. The number of aryl methyl sites for hydroxylation is 1. The number of carbonyl (C=O) groups excluding carboxylic acids is 1. The minimum atomic E-state index is -0.355. The summed E-state index contributed by atoms with van der Waals surface area (Å²) in [5.74, 6) is 0.137. The van der Waals surface area contributed by atoms with E-state index in [2.05, 4.69) is 15.5 Å².